The maximum atomic E-state index is 12.1. The third-order valence-corrected chi connectivity index (χ3v) is 3.74. The lowest BCUT2D eigenvalue weighted by Crippen LogP contribution is -2.36. The second-order valence-electron chi connectivity index (χ2n) is 3.96. The highest BCUT2D eigenvalue weighted by Gasteiger charge is 2.19. The van der Waals surface area contributed by atoms with Gasteiger partial charge in [0.05, 0.1) is 15.8 Å². The van der Waals surface area contributed by atoms with Crippen LogP contribution >= 0.6 is 11.8 Å². The summed E-state index contributed by atoms with van der Waals surface area (Å²) >= 11 is 1.34. The van der Waals surface area contributed by atoms with Crippen molar-refractivity contribution in [1.82, 2.24) is 9.88 Å². The average molecular weight is 282 g/mol. The molecule has 5 nitrogen and oxygen atoms in total. The molecule has 0 aliphatic heterocycles. The van der Waals surface area contributed by atoms with Crippen LogP contribution in [0.4, 0.5) is 0 Å². The van der Waals surface area contributed by atoms with Crippen LogP contribution in [0.15, 0.2) is 23.4 Å². The summed E-state index contributed by atoms with van der Waals surface area (Å²) in [5, 5.41) is 9.19. The van der Waals surface area contributed by atoms with Gasteiger partial charge in [-0.3, -0.25) is 4.79 Å². The van der Waals surface area contributed by atoms with E-state index in [1.807, 2.05) is 20.8 Å². The van der Waals surface area contributed by atoms with Crippen LogP contribution in [0.3, 0.4) is 0 Å². The van der Waals surface area contributed by atoms with E-state index in [4.69, 9.17) is 5.11 Å². The van der Waals surface area contributed by atoms with Crippen LogP contribution in [0.5, 0.6) is 0 Å². The van der Waals surface area contributed by atoms with E-state index in [0.717, 1.165) is 0 Å². The van der Waals surface area contributed by atoms with Gasteiger partial charge in [0.25, 0.3) is 0 Å². The number of nitrogens with zero attached hydrogens (tertiary/aromatic N) is 2. The third kappa shape index (κ3) is 4.24. The monoisotopic (exact) mass is 282 g/mol. The van der Waals surface area contributed by atoms with E-state index >= 15 is 0 Å². The van der Waals surface area contributed by atoms with E-state index < -0.39 is 5.97 Å². The Balaban J connectivity index is 2.68. The molecule has 0 bridgehead atoms. The average Bonchev–Trinajstić information content (AvgIpc) is 2.40. The molecule has 1 amide bonds. The predicted molar refractivity (Wildman–Crippen MR) is 74.4 cm³/mol. The van der Waals surface area contributed by atoms with Gasteiger partial charge in [0, 0.05) is 19.3 Å². The van der Waals surface area contributed by atoms with Crippen LogP contribution in [0.2, 0.25) is 0 Å². The quantitative estimate of drug-likeness (QED) is 0.809. The van der Waals surface area contributed by atoms with E-state index in [0.29, 0.717) is 18.1 Å². The predicted octanol–water partition coefficient (Wildman–Crippen LogP) is 2.13. The van der Waals surface area contributed by atoms with Crippen LogP contribution in [0, 0.1) is 0 Å². The van der Waals surface area contributed by atoms with Gasteiger partial charge in [0.1, 0.15) is 0 Å². The first kappa shape index (κ1) is 15.5. The number of hydrogen-bond acceptors (Lipinski definition) is 4. The van der Waals surface area contributed by atoms with Crippen molar-refractivity contribution in [1.29, 1.82) is 0 Å². The summed E-state index contributed by atoms with van der Waals surface area (Å²) < 4.78 is 0. The first-order valence-corrected chi connectivity index (χ1v) is 7.02. The zero-order chi connectivity index (χ0) is 14.4. The fraction of sp³-hybridized carbons (Fsp3) is 0.462. The SMILES string of the molecule is CCN(CC)C(=O)C(C)Sc1ccc(C(=O)O)cn1. The lowest BCUT2D eigenvalue weighted by Gasteiger charge is -2.22. The number of thioether (sulfide) groups is 1. The van der Waals surface area contributed by atoms with E-state index in [1.54, 1.807) is 11.0 Å². The molecule has 0 aliphatic carbocycles. The third-order valence-electron chi connectivity index (χ3n) is 2.70. The number of carbonyl (C=O) groups excluding carboxylic acids is 1. The number of hydrogen-bond donors (Lipinski definition) is 1. The summed E-state index contributed by atoms with van der Waals surface area (Å²) in [5.74, 6) is -0.935. The van der Waals surface area contributed by atoms with Crippen molar-refractivity contribution in [3.8, 4) is 0 Å². The summed E-state index contributed by atoms with van der Waals surface area (Å²) in [6, 6.07) is 3.12. The maximum absolute atomic E-state index is 12.1. The first-order valence-electron chi connectivity index (χ1n) is 6.14. The summed E-state index contributed by atoms with van der Waals surface area (Å²) in [5.41, 5.74) is 0.145. The molecule has 1 N–H and O–H groups in total. The van der Waals surface area contributed by atoms with E-state index in [9.17, 15) is 9.59 Å². The number of carboxylic acid groups (broad SMARTS) is 1. The lowest BCUT2D eigenvalue weighted by molar-refractivity contribution is -0.129. The van der Waals surface area contributed by atoms with Gasteiger partial charge in [-0.2, -0.15) is 0 Å². The summed E-state index contributed by atoms with van der Waals surface area (Å²) in [6.07, 6.45) is 1.30. The van der Waals surface area contributed by atoms with Crippen molar-refractivity contribution in [2.24, 2.45) is 0 Å². The number of aromatic carboxylic acids is 1. The number of pyridine rings is 1. The largest absolute Gasteiger partial charge is 0.478 e. The summed E-state index contributed by atoms with van der Waals surface area (Å²) in [6.45, 7) is 7.09. The molecule has 1 unspecified atom stereocenters. The molecule has 0 fully saturated rings. The van der Waals surface area contributed by atoms with Crippen LogP contribution in [-0.2, 0) is 4.79 Å². The number of carboxylic acids is 1. The molecule has 1 rings (SSSR count). The fourth-order valence-electron chi connectivity index (χ4n) is 1.60. The number of rotatable bonds is 6. The molecule has 0 aromatic carbocycles. The Bertz CT molecular complexity index is 444. The standard InChI is InChI=1S/C13H18N2O3S/c1-4-15(5-2)12(16)9(3)19-11-7-6-10(8-14-11)13(17)18/h6-9H,4-5H2,1-3H3,(H,17,18). The second kappa shape index (κ2) is 7.13. The van der Waals surface area contributed by atoms with Crippen LogP contribution < -0.4 is 0 Å². The zero-order valence-electron chi connectivity index (χ0n) is 11.3. The van der Waals surface area contributed by atoms with Crippen molar-refractivity contribution in [2.75, 3.05) is 13.1 Å². The molecule has 0 saturated heterocycles. The molecule has 1 aromatic heterocycles. The second-order valence-corrected chi connectivity index (χ2v) is 5.32. The van der Waals surface area contributed by atoms with E-state index in [2.05, 4.69) is 4.98 Å². The highest BCUT2D eigenvalue weighted by Crippen LogP contribution is 2.22. The van der Waals surface area contributed by atoms with Crippen LogP contribution in [0.1, 0.15) is 31.1 Å². The fourth-order valence-corrected chi connectivity index (χ4v) is 2.47. The minimum absolute atomic E-state index is 0.0686. The maximum Gasteiger partial charge on any atom is 0.337 e. The van der Waals surface area contributed by atoms with E-state index in [-0.39, 0.29) is 16.7 Å². The molecule has 1 atom stereocenters. The van der Waals surface area contributed by atoms with Gasteiger partial charge in [-0.25, -0.2) is 9.78 Å². The summed E-state index contributed by atoms with van der Waals surface area (Å²) in [7, 11) is 0. The van der Waals surface area contributed by atoms with Crippen LogP contribution in [0.25, 0.3) is 0 Å². The zero-order valence-corrected chi connectivity index (χ0v) is 12.1. The Morgan fingerprint density at radius 1 is 1.37 bits per heavy atom. The Kier molecular flexibility index (Phi) is 5.82. The Labute approximate surface area is 117 Å². The minimum Gasteiger partial charge on any atom is -0.478 e. The van der Waals surface area contributed by atoms with Gasteiger partial charge in [0.15, 0.2) is 0 Å². The lowest BCUT2D eigenvalue weighted by atomic mass is 10.3. The molecule has 0 spiro atoms. The van der Waals surface area contributed by atoms with Crippen molar-refractivity contribution in [3.63, 3.8) is 0 Å². The van der Waals surface area contributed by atoms with Crippen molar-refractivity contribution in [2.45, 2.75) is 31.0 Å². The van der Waals surface area contributed by atoms with Gasteiger partial charge in [0.2, 0.25) is 5.91 Å². The molecule has 1 aromatic rings. The topological polar surface area (TPSA) is 70.5 Å². The molecule has 0 radical (unpaired) electrons. The Morgan fingerprint density at radius 3 is 2.42 bits per heavy atom. The molecule has 104 valence electrons. The molecule has 1 heterocycles. The summed E-state index contributed by atoms with van der Waals surface area (Å²) in [4.78, 5) is 28.6. The number of aromatic nitrogens is 1. The molecule has 0 saturated carbocycles. The number of carbonyl (C=O) groups is 2. The van der Waals surface area contributed by atoms with Crippen molar-refractivity contribution < 1.29 is 14.7 Å². The Hall–Kier alpha value is -1.56. The van der Waals surface area contributed by atoms with Crippen molar-refractivity contribution in [3.05, 3.63) is 23.9 Å². The smallest absolute Gasteiger partial charge is 0.337 e. The highest BCUT2D eigenvalue weighted by atomic mass is 32.2. The minimum atomic E-state index is -1.00. The molecule has 19 heavy (non-hydrogen) atoms. The van der Waals surface area contributed by atoms with E-state index in [1.165, 1.54) is 24.0 Å². The highest BCUT2D eigenvalue weighted by molar-refractivity contribution is 8.00. The van der Waals surface area contributed by atoms with Crippen molar-refractivity contribution >= 4 is 23.6 Å². The Morgan fingerprint density at radius 2 is 2.00 bits per heavy atom. The number of amides is 1. The van der Waals surface area contributed by atoms with Crippen LogP contribution in [-0.4, -0.2) is 45.2 Å². The first-order chi connectivity index (χ1) is 8.99. The van der Waals surface area contributed by atoms with Gasteiger partial charge in [-0.05, 0) is 32.9 Å². The molecular weight excluding hydrogens is 264 g/mol. The van der Waals surface area contributed by atoms with Gasteiger partial charge >= 0.3 is 5.97 Å². The molecule has 0 aliphatic rings. The van der Waals surface area contributed by atoms with Gasteiger partial charge in [-0.1, -0.05) is 11.8 Å². The normalized spacial score (nSPS) is 11.9. The van der Waals surface area contributed by atoms with Gasteiger partial charge in [-0.15, -0.1) is 0 Å². The van der Waals surface area contributed by atoms with Gasteiger partial charge < -0.3 is 10.0 Å². The molecular formula is C13H18N2O3S. The molecule has 6 heteroatoms.